The van der Waals surface area contributed by atoms with Crippen LogP contribution < -0.4 is 14.8 Å². The third kappa shape index (κ3) is 6.58. The molecule has 1 aromatic carbocycles. The largest absolute Gasteiger partial charge is 0.484 e. The lowest BCUT2D eigenvalue weighted by atomic mass is 10.2. The molecule has 0 heterocycles. The number of amides is 1. The Morgan fingerprint density at radius 3 is 2.39 bits per heavy atom. The lowest BCUT2D eigenvalue weighted by molar-refractivity contribution is -0.123. The normalized spacial score (nSPS) is 11.8. The first-order valence-corrected chi connectivity index (χ1v) is 9.12. The number of carbonyl (C=O) groups is 1. The number of sulfonamides is 1. The first-order valence-electron chi connectivity index (χ1n) is 7.64. The van der Waals surface area contributed by atoms with Gasteiger partial charge in [0.2, 0.25) is 10.0 Å². The van der Waals surface area contributed by atoms with Crippen LogP contribution in [0, 0.1) is 12.8 Å². The summed E-state index contributed by atoms with van der Waals surface area (Å²) in [5, 5.41) is 2.76. The summed E-state index contributed by atoms with van der Waals surface area (Å²) >= 11 is 0. The van der Waals surface area contributed by atoms with E-state index in [-0.39, 0.29) is 23.5 Å². The van der Waals surface area contributed by atoms with Crippen molar-refractivity contribution in [1.29, 1.82) is 0 Å². The maximum absolute atomic E-state index is 12.1. The molecule has 7 heteroatoms. The molecule has 6 nitrogen and oxygen atoms in total. The zero-order valence-corrected chi connectivity index (χ0v) is 15.2. The number of hydrogen-bond donors (Lipinski definition) is 2. The molecule has 0 radical (unpaired) electrons. The predicted molar refractivity (Wildman–Crippen MR) is 90.0 cm³/mol. The van der Waals surface area contributed by atoms with Gasteiger partial charge in [-0.05, 0) is 50.5 Å². The number of nitrogens with one attached hydrogen (secondary N) is 2. The number of hydrogen-bond acceptors (Lipinski definition) is 4. The van der Waals surface area contributed by atoms with Gasteiger partial charge in [0.1, 0.15) is 5.75 Å². The smallest absolute Gasteiger partial charge is 0.257 e. The van der Waals surface area contributed by atoms with Gasteiger partial charge >= 0.3 is 0 Å². The minimum absolute atomic E-state index is 0.0934. The standard InChI is InChI=1S/C16H26N2O4S/c1-11(2)9-17-16(19)10-22-15-7-6-14(8-13(15)5)23(20,21)18-12(3)4/h6-8,11-12,18H,9-10H2,1-5H3,(H,17,19). The molecule has 0 atom stereocenters. The van der Waals surface area contributed by atoms with Gasteiger partial charge in [0.05, 0.1) is 4.90 Å². The summed E-state index contributed by atoms with van der Waals surface area (Å²) in [6, 6.07) is 4.39. The monoisotopic (exact) mass is 342 g/mol. The van der Waals surface area contributed by atoms with E-state index in [2.05, 4.69) is 10.0 Å². The third-order valence-electron chi connectivity index (χ3n) is 2.91. The van der Waals surface area contributed by atoms with Crippen molar-refractivity contribution >= 4 is 15.9 Å². The molecule has 0 bridgehead atoms. The zero-order chi connectivity index (χ0) is 17.6. The molecule has 23 heavy (non-hydrogen) atoms. The van der Waals surface area contributed by atoms with Crippen molar-refractivity contribution in [2.75, 3.05) is 13.2 Å². The van der Waals surface area contributed by atoms with Crippen LogP contribution in [0.25, 0.3) is 0 Å². The first-order chi connectivity index (χ1) is 10.6. The number of rotatable bonds is 8. The van der Waals surface area contributed by atoms with Crippen LogP contribution in [0.15, 0.2) is 23.1 Å². The molecular formula is C16H26N2O4S. The van der Waals surface area contributed by atoms with Gasteiger partial charge in [-0.2, -0.15) is 0 Å². The van der Waals surface area contributed by atoms with Crippen molar-refractivity contribution in [3.63, 3.8) is 0 Å². The van der Waals surface area contributed by atoms with E-state index in [0.29, 0.717) is 23.8 Å². The molecular weight excluding hydrogens is 316 g/mol. The van der Waals surface area contributed by atoms with Crippen molar-refractivity contribution in [3.8, 4) is 5.75 Å². The quantitative estimate of drug-likeness (QED) is 0.755. The Morgan fingerprint density at radius 2 is 1.87 bits per heavy atom. The van der Waals surface area contributed by atoms with Crippen LogP contribution in [0.5, 0.6) is 5.75 Å². The number of aryl methyl sites for hydroxylation is 1. The summed E-state index contributed by atoms with van der Waals surface area (Å²) < 4.78 is 32.2. The molecule has 0 aliphatic carbocycles. The molecule has 0 saturated carbocycles. The summed E-state index contributed by atoms with van der Waals surface area (Å²) in [4.78, 5) is 11.8. The van der Waals surface area contributed by atoms with Crippen LogP contribution in [0.2, 0.25) is 0 Å². The molecule has 1 aromatic rings. The average molecular weight is 342 g/mol. The molecule has 0 aliphatic rings. The van der Waals surface area contributed by atoms with E-state index in [1.807, 2.05) is 13.8 Å². The molecule has 1 rings (SSSR count). The van der Waals surface area contributed by atoms with E-state index in [1.54, 1.807) is 26.8 Å². The minimum Gasteiger partial charge on any atom is -0.484 e. The summed E-state index contributed by atoms with van der Waals surface area (Å²) in [6.45, 7) is 9.79. The van der Waals surface area contributed by atoms with Gasteiger partial charge < -0.3 is 10.1 Å². The number of ether oxygens (including phenoxy) is 1. The Hall–Kier alpha value is -1.60. The lowest BCUT2D eigenvalue weighted by Gasteiger charge is -2.13. The van der Waals surface area contributed by atoms with Crippen LogP contribution in [-0.2, 0) is 14.8 Å². The van der Waals surface area contributed by atoms with Crippen molar-refractivity contribution < 1.29 is 17.9 Å². The van der Waals surface area contributed by atoms with Crippen molar-refractivity contribution in [3.05, 3.63) is 23.8 Å². The second-order valence-corrected chi connectivity index (χ2v) is 7.90. The Kier molecular flexibility index (Phi) is 7.02. The van der Waals surface area contributed by atoms with Gasteiger partial charge in [-0.3, -0.25) is 4.79 Å². The van der Waals surface area contributed by atoms with Gasteiger partial charge in [0.15, 0.2) is 6.61 Å². The van der Waals surface area contributed by atoms with Crippen molar-refractivity contribution in [2.24, 2.45) is 5.92 Å². The SMILES string of the molecule is Cc1cc(S(=O)(=O)NC(C)C)ccc1OCC(=O)NCC(C)C. The summed E-state index contributed by atoms with van der Waals surface area (Å²) in [5.41, 5.74) is 0.660. The Bertz CT molecular complexity index is 639. The van der Waals surface area contributed by atoms with Gasteiger partial charge in [-0.1, -0.05) is 13.8 Å². The second-order valence-electron chi connectivity index (χ2n) is 6.19. The topological polar surface area (TPSA) is 84.5 Å². The molecule has 0 aromatic heterocycles. The third-order valence-corrected chi connectivity index (χ3v) is 4.57. The van der Waals surface area contributed by atoms with Gasteiger partial charge in [-0.25, -0.2) is 13.1 Å². The Labute approximate surface area is 138 Å². The molecule has 0 fully saturated rings. The number of benzene rings is 1. The van der Waals surface area contributed by atoms with E-state index in [0.717, 1.165) is 0 Å². The highest BCUT2D eigenvalue weighted by atomic mass is 32.2. The molecule has 1 amide bonds. The fourth-order valence-electron chi connectivity index (χ4n) is 1.84. The average Bonchev–Trinajstić information content (AvgIpc) is 2.42. The summed E-state index contributed by atoms with van der Waals surface area (Å²) in [5.74, 6) is 0.670. The maximum Gasteiger partial charge on any atom is 0.257 e. The van der Waals surface area contributed by atoms with Crippen molar-refractivity contribution in [1.82, 2.24) is 10.0 Å². The second kappa shape index (κ2) is 8.31. The summed E-state index contributed by atoms with van der Waals surface area (Å²) in [6.07, 6.45) is 0. The van der Waals surface area contributed by atoms with E-state index >= 15 is 0 Å². The fourth-order valence-corrected chi connectivity index (χ4v) is 3.18. The summed E-state index contributed by atoms with van der Waals surface area (Å²) in [7, 11) is -3.53. The molecule has 130 valence electrons. The molecule has 0 aliphatic heterocycles. The van der Waals surface area contributed by atoms with Crippen LogP contribution in [-0.4, -0.2) is 33.5 Å². The van der Waals surface area contributed by atoms with E-state index < -0.39 is 10.0 Å². The fraction of sp³-hybridized carbons (Fsp3) is 0.562. The predicted octanol–water partition coefficient (Wildman–Crippen LogP) is 1.83. The van der Waals surface area contributed by atoms with E-state index in [1.165, 1.54) is 12.1 Å². The first kappa shape index (κ1) is 19.4. The van der Waals surface area contributed by atoms with Crippen LogP contribution in [0.3, 0.4) is 0 Å². The molecule has 0 saturated heterocycles. The molecule has 0 spiro atoms. The Balaban J connectivity index is 2.72. The van der Waals surface area contributed by atoms with E-state index in [4.69, 9.17) is 4.74 Å². The van der Waals surface area contributed by atoms with Gasteiger partial charge in [0.25, 0.3) is 5.91 Å². The zero-order valence-electron chi connectivity index (χ0n) is 14.3. The van der Waals surface area contributed by atoms with Gasteiger partial charge in [0, 0.05) is 12.6 Å². The molecule has 0 unspecified atom stereocenters. The highest BCUT2D eigenvalue weighted by Gasteiger charge is 2.16. The minimum atomic E-state index is -3.53. The van der Waals surface area contributed by atoms with Gasteiger partial charge in [-0.15, -0.1) is 0 Å². The van der Waals surface area contributed by atoms with Crippen molar-refractivity contribution in [2.45, 2.75) is 45.6 Å². The van der Waals surface area contributed by atoms with Crippen LogP contribution in [0.1, 0.15) is 33.3 Å². The lowest BCUT2D eigenvalue weighted by Crippen LogP contribution is -2.32. The Morgan fingerprint density at radius 1 is 1.22 bits per heavy atom. The highest BCUT2D eigenvalue weighted by Crippen LogP contribution is 2.21. The highest BCUT2D eigenvalue weighted by molar-refractivity contribution is 7.89. The number of carbonyl (C=O) groups excluding carboxylic acids is 1. The van der Waals surface area contributed by atoms with Crippen LogP contribution in [0.4, 0.5) is 0 Å². The maximum atomic E-state index is 12.1. The van der Waals surface area contributed by atoms with E-state index in [9.17, 15) is 13.2 Å². The molecule has 2 N–H and O–H groups in total. The van der Waals surface area contributed by atoms with Crippen LogP contribution >= 0.6 is 0 Å².